The predicted octanol–water partition coefficient (Wildman–Crippen LogP) is 5.70. The number of nitrogens with one attached hydrogen (secondary N) is 1. The Morgan fingerprint density at radius 2 is 1.77 bits per heavy atom. The molecule has 57 heavy (non-hydrogen) atoms. The summed E-state index contributed by atoms with van der Waals surface area (Å²) in [7, 11) is 1.50. The summed E-state index contributed by atoms with van der Waals surface area (Å²) in [5.41, 5.74) is 1.24. The molecule has 0 saturated heterocycles. The molecule has 1 amide bonds. The number of carbonyl (C=O) groups excluding carboxylic acids is 2. The first-order valence-corrected chi connectivity index (χ1v) is 19.2. The van der Waals surface area contributed by atoms with Gasteiger partial charge in [-0.2, -0.15) is 0 Å². The number of rotatable bonds is 3. The minimum Gasteiger partial charge on any atom is -0.507 e. The molecule has 3 aliphatic heterocycles. The van der Waals surface area contributed by atoms with Gasteiger partial charge < -0.3 is 49.8 Å². The number of hydrogen-bond acceptors (Lipinski definition) is 12. The van der Waals surface area contributed by atoms with Crippen LogP contribution in [0.5, 0.6) is 17.2 Å². The number of ether oxygens (including phenoxy) is 4. The topological polar surface area (TPSA) is 202 Å². The molecule has 1 fully saturated rings. The highest BCUT2D eigenvalue weighted by atomic mass is 16.7. The molecule has 4 aromatic rings. The lowest BCUT2D eigenvalue weighted by molar-refractivity contribution is -0.176. The van der Waals surface area contributed by atoms with Gasteiger partial charge in [0.2, 0.25) is 0 Å². The van der Waals surface area contributed by atoms with Crippen LogP contribution in [-0.4, -0.2) is 89.7 Å². The van der Waals surface area contributed by atoms with Crippen LogP contribution in [-0.2, 0) is 19.0 Å². The van der Waals surface area contributed by atoms with E-state index in [0.29, 0.717) is 12.1 Å². The molecule has 8 rings (SSSR count). The Morgan fingerprint density at radius 1 is 1.05 bits per heavy atom. The van der Waals surface area contributed by atoms with Crippen LogP contribution in [0.1, 0.15) is 69.4 Å². The summed E-state index contributed by atoms with van der Waals surface area (Å²) in [5, 5.41) is 59.9. The lowest BCUT2D eigenvalue weighted by atomic mass is 9.84. The molecule has 14 nitrogen and oxygen atoms in total. The number of phenolic OH excluding ortho intramolecular Hbond substituents is 2. The molecule has 5 heterocycles. The number of aliphatic hydroxyl groups is 3. The van der Waals surface area contributed by atoms with Crippen LogP contribution in [0, 0.1) is 37.5 Å². The van der Waals surface area contributed by atoms with Gasteiger partial charge in [-0.25, -0.2) is 4.98 Å². The first-order chi connectivity index (χ1) is 26.9. The lowest BCUT2D eigenvalue weighted by Gasteiger charge is -2.34. The quantitative estimate of drug-likeness (QED) is 0.109. The molecule has 10 unspecified atom stereocenters. The summed E-state index contributed by atoms with van der Waals surface area (Å²) in [6, 6.07) is 3.65. The second kappa shape index (κ2) is 14.4. The van der Waals surface area contributed by atoms with E-state index in [4.69, 9.17) is 23.9 Å². The molecule has 0 spiro atoms. The molecule has 6 N–H and O–H groups in total. The fraction of sp³-hybridized carbons (Fsp3) is 0.465. The van der Waals surface area contributed by atoms with Gasteiger partial charge in [-0.15, -0.1) is 0 Å². The third-order valence-corrected chi connectivity index (χ3v) is 12.2. The van der Waals surface area contributed by atoms with Gasteiger partial charge in [0.25, 0.3) is 11.7 Å². The number of ketones is 1. The number of anilines is 1. The van der Waals surface area contributed by atoms with Crippen molar-refractivity contribution in [1.82, 2.24) is 9.38 Å². The van der Waals surface area contributed by atoms with Gasteiger partial charge in [0.05, 0.1) is 41.1 Å². The highest BCUT2D eigenvalue weighted by molar-refractivity contribution is 6.28. The normalized spacial score (nSPS) is 33.4. The number of carbonyl (C=O) groups is 2. The summed E-state index contributed by atoms with van der Waals surface area (Å²) in [5.74, 6) is -5.89. The van der Waals surface area contributed by atoms with Crippen molar-refractivity contribution < 1.29 is 54.1 Å². The number of fused-ring (bicyclic) bond motifs is 11. The molecule has 14 heteroatoms. The van der Waals surface area contributed by atoms with Crippen LogP contribution in [0.15, 0.2) is 54.5 Å². The standard InChI is InChI=1S/C43H51N3O11/c1-19-13-15-46-28(17-19)44-32-29-30-37(50)23(5)39-31(29)40(52)42(8,57-39)55-16-14-27(54-9)24(6)43(56-25(7)47)18-26(43)36(49)22(4)35(48)20(2)11-10-12-21(3)41(53)45-33(34(32)46)38(30)51/h10-17,20,22,24-27,35-36,47-51H,18H2,1-9H3,(H,45,53)/b11-10+,16-14+,21-12-. The molecule has 1 saturated carbocycles. The molecule has 2 aromatic carbocycles. The Labute approximate surface area is 330 Å². The number of phenols is 2. The van der Waals surface area contributed by atoms with E-state index in [-0.39, 0.29) is 55.7 Å². The number of hydrogen-bond donors (Lipinski definition) is 6. The average Bonchev–Trinajstić information content (AvgIpc) is 3.66. The maximum Gasteiger partial charge on any atom is 0.312 e. The molecule has 10 atom stereocenters. The van der Waals surface area contributed by atoms with Crippen molar-refractivity contribution >= 4 is 44.8 Å². The van der Waals surface area contributed by atoms with Crippen molar-refractivity contribution in [3.8, 4) is 17.2 Å². The molecule has 304 valence electrons. The third kappa shape index (κ3) is 6.43. The van der Waals surface area contributed by atoms with Crippen LogP contribution >= 0.6 is 0 Å². The number of imidazole rings is 1. The van der Waals surface area contributed by atoms with E-state index in [1.165, 1.54) is 27.2 Å². The zero-order chi connectivity index (χ0) is 41.5. The van der Waals surface area contributed by atoms with Crippen LogP contribution in [0.2, 0.25) is 0 Å². The zero-order valence-corrected chi connectivity index (χ0v) is 33.5. The molecule has 2 aromatic heterocycles. The van der Waals surface area contributed by atoms with Crippen molar-refractivity contribution in [2.75, 3.05) is 12.4 Å². The number of aromatic hydroxyl groups is 2. The minimum absolute atomic E-state index is 0.0324. The third-order valence-electron chi connectivity index (χ3n) is 12.2. The number of aryl methyl sites for hydroxylation is 1. The number of benzene rings is 2. The SMILES string of the molecule is COC1/C=C/OC2(C)Oc3c(C)c(O)c4c(O)c(c5c(nc6cc(C)ccn65)c4c3C2=O)NC(=O)/C(C)=C\C=C\C(C)C(O)C(C)C(O)C2CC2(OC(C)O)C1C. The fourth-order valence-electron chi connectivity index (χ4n) is 8.69. The Bertz CT molecular complexity index is 2400. The number of nitrogens with zero attached hydrogens (tertiary/aromatic N) is 2. The summed E-state index contributed by atoms with van der Waals surface area (Å²) in [6.45, 7) is 13.4. The van der Waals surface area contributed by atoms with Gasteiger partial charge in [0.1, 0.15) is 33.9 Å². The average molecular weight is 786 g/mol. The van der Waals surface area contributed by atoms with E-state index < -0.39 is 77.1 Å². The number of allylic oxidation sites excluding steroid dienone is 2. The van der Waals surface area contributed by atoms with E-state index in [2.05, 4.69) is 5.32 Å². The Hall–Kier alpha value is -4.99. The van der Waals surface area contributed by atoms with Gasteiger partial charge in [-0.1, -0.05) is 39.0 Å². The predicted molar refractivity (Wildman–Crippen MR) is 212 cm³/mol. The van der Waals surface area contributed by atoms with Gasteiger partial charge in [-0.3, -0.25) is 14.0 Å². The maximum absolute atomic E-state index is 14.6. The molecular weight excluding hydrogens is 734 g/mol. The van der Waals surface area contributed by atoms with Crippen molar-refractivity contribution in [2.24, 2.45) is 23.7 Å². The summed E-state index contributed by atoms with van der Waals surface area (Å²) in [4.78, 5) is 33.3. The highest BCUT2D eigenvalue weighted by Crippen LogP contribution is 2.58. The van der Waals surface area contributed by atoms with Gasteiger partial charge >= 0.3 is 5.79 Å². The van der Waals surface area contributed by atoms with E-state index in [9.17, 15) is 35.1 Å². The highest BCUT2D eigenvalue weighted by Gasteiger charge is 2.65. The van der Waals surface area contributed by atoms with E-state index in [0.717, 1.165) is 5.56 Å². The number of amides is 1. The second-order valence-corrected chi connectivity index (χ2v) is 16.1. The van der Waals surface area contributed by atoms with Crippen LogP contribution in [0.3, 0.4) is 0 Å². The second-order valence-electron chi connectivity index (χ2n) is 16.1. The summed E-state index contributed by atoms with van der Waals surface area (Å²) < 4.78 is 26.0. The number of methoxy groups -OCH3 is 1. The van der Waals surface area contributed by atoms with E-state index >= 15 is 0 Å². The Morgan fingerprint density at radius 3 is 2.46 bits per heavy atom. The van der Waals surface area contributed by atoms with Crippen molar-refractivity contribution in [2.45, 2.75) is 97.8 Å². The molecule has 1 aliphatic carbocycles. The number of pyridine rings is 1. The number of Topliss-reactive ketones (excluding diaryl/α,β-unsaturated/α-hetero) is 1. The van der Waals surface area contributed by atoms with Crippen molar-refractivity contribution in [3.05, 3.63) is 71.2 Å². The van der Waals surface area contributed by atoms with Crippen LogP contribution in [0.25, 0.3) is 27.5 Å². The Kier molecular flexibility index (Phi) is 10.2. The molecule has 5 bridgehead atoms. The lowest BCUT2D eigenvalue weighted by Crippen LogP contribution is -2.43. The number of aromatic nitrogens is 2. The molecule has 0 radical (unpaired) electrons. The van der Waals surface area contributed by atoms with Crippen LogP contribution < -0.4 is 10.1 Å². The maximum atomic E-state index is 14.6. The smallest absolute Gasteiger partial charge is 0.312 e. The first kappa shape index (κ1) is 40.2. The van der Waals surface area contributed by atoms with E-state index in [1.54, 1.807) is 62.6 Å². The minimum atomic E-state index is -1.94. The first-order valence-electron chi connectivity index (χ1n) is 19.2. The fourth-order valence-corrected chi connectivity index (χ4v) is 8.69. The van der Waals surface area contributed by atoms with Gasteiger partial charge in [0, 0.05) is 60.4 Å². The van der Waals surface area contributed by atoms with Crippen LogP contribution in [0.4, 0.5) is 5.69 Å². The van der Waals surface area contributed by atoms with E-state index in [1.807, 2.05) is 26.0 Å². The largest absolute Gasteiger partial charge is 0.507 e. The molecule has 4 aliphatic rings. The Balaban J connectivity index is 1.42. The summed E-state index contributed by atoms with van der Waals surface area (Å²) in [6.07, 6.45) is 6.09. The zero-order valence-electron chi connectivity index (χ0n) is 33.5. The van der Waals surface area contributed by atoms with Crippen molar-refractivity contribution in [3.63, 3.8) is 0 Å². The summed E-state index contributed by atoms with van der Waals surface area (Å²) >= 11 is 0. The monoisotopic (exact) mass is 785 g/mol. The number of aliphatic hydroxyl groups excluding tert-OH is 3. The van der Waals surface area contributed by atoms with Gasteiger partial charge in [0.15, 0.2) is 12.0 Å². The van der Waals surface area contributed by atoms with Gasteiger partial charge in [-0.05, 0) is 57.9 Å². The van der Waals surface area contributed by atoms with Crippen molar-refractivity contribution in [1.29, 1.82) is 0 Å². The molecular formula is C43H51N3O11.